The Morgan fingerprint density at radius 1 is 1.44 bits per heavy atom. The van der Waals surface area contributed by atoms with Crippen LogP contribution in [0, 0.1) is 0 Å². The minimum absolute atomic E-state index is 0.201. The number of carboxylic acid groups (broad SMARTS) is 1. The van der Waals surface area contributed by atoms with Gasteiger partial charge in [-0.3, -0.25) is 4.79 Å². The molecule has 86 valence electrons. The monoisotopic (exact) mass is 239 g/mol. The van der Waals surface area contributed by atoms with Gasteiger partial charge in [0.2, 0.25) is 5.91 Å². The van der Waals surface area contributed by atoms with Crippen molar-refractivity contribution in [3.8, 4) is 0 Å². The molecule has 0 spiro atoms. The molecule has 4 nitrogen and oxygen atoms in total. The first-order valence-corrected chi connectivity index (χ1v) is 5.72. The Bertz CT molecular complexity index is 406. The average molecular weight is 239 g/mol. The largest absolute Gasteiger partial charge is 0.478 e. The first-order chi connectivity index (χ1) is 7.56. The number of nitrogens with two attached hydrogens (primary N) is 1. The fraction of sp³-hybridized carbons (Fsp3) is 0.273. The van der Waals surface area contributed by atoms with Gasteiger partial charge in [-0.1, -0.05) is 19.1 Å². The Hall–Kier alpha value is -1.49. The van der Waals surface area contributed by atoms with Gasteiger partial charge in [-0.05, 0) is 18.6 Å². The van der Waals surface area contributed by atoms with Crippen LogP contribution in [-0.4, -0.2) is 22.2 Å². The molecule has 0 aliphatic heterocycles. The van der Waals surface area contributed by atoms with Gasteiger partial charge in [-0.2, -0.15) is 0 Å². The predicted molar refractivity (Wildman–Crippen MR) is 62.5 cm³/mol. The van der Waals surface area contributed by atoms with E-state index in [0.717, 1.165) is 0 Å². The summed E-state index contributed by atoms with van der Waals surface area (Å²) >= 11 is 1.20. The SMILES string of the molecule is CCC(Sc1ccccc1C(=O)O)C(N)=O. The van der Waals surface area contributed by atoms with Crippen molar-refractivity contribution < 1.29 is 14.7 Å². The van der Waals surface area contributed by atoms with Gasteiger partial charge in [0.25, 0.3) is 0 Å². The summed E-state index contributed by atoms with van der Waals surface area (Å²) in [5.74, 6) is -1.42. The molecule has 0 aromatic heterocycles. The Morgan fingerprint density at radius 2 is 2.06 bits per heavy atom. The average Bonchev–Trinajstić information content (AvgIpc) is 2.25. The maximum absolute atomic E-state index is 11.1. The van der Waals surface area contributed by atoms with E-state index >= 15 is 0 Å². The van der Waals surface area contributed by atoms with E-state index in [9.17, 15) is 9.59 Å². The number of hydrogen-bond acceptors (Lipinski definition) is 3. The molecule has 0 aliphatic carbocycles. The highest BCUT2D eigenvalue weighted by molar-refractivity contribution is 8.00. The number of benzene rings is 1. The summed E-state index contributed by atoms with van der Waals surface area (Å²) in [6.45, 7) is 1.84. The predicted octanol–water partition coefficient (Wildman–Crippen LogP) is 1.74. The summed E-state index contributed by atoms with van der Waals surface area (Å²) in [5.41, 5.74) is 5.42. The van der Waals surface area contributed by atoms with Crippen molar-refractivity contribution in [1.82, 2.24) is 0 Å². The van der Waals surface area contributed by atoms with Crippen molar-refractivity contribution in [2.75, 3.05) is 0 Å². The number of rotatable bonds is 5. The zero-order valence-electron chi connectivity index (χ0n) is 8.84. The molecule has 1 amide bonds. The van der Waals surface area contributed by atoms with Gasteiger partial charge in [0.1, 0.15) is 0 Å². The normalized spacial score (nSPS) is 12.1. The van der Waals surface area contributed by atoms with Crippen LogP contribution in [0.25, 0.3) is 0 Å². The molecule has 1 aromatic carbocycles. The summed E-state index contributed by atoms with van der Waals surface area (Å²) in [6, 6.07) is 6.58. The van der Waals surface area contributed by atoms with Gasteiger partial charge in [0.05, 0.1) is 10.8 Å². The fourth-order valence-corrected chi connectivity index (χ4v) is 2.27. The third-order valence-corrected chi connectivity index (χ3v) is 3.53. The molecule has 1 unspecified atom stereocenters. The second-order valence-electron chi connectivity index (χ2n) is 3.22. The molecule has 0 fully saturated rings. The molecule has 0 radical (unpaired) electrons. The molecule has 16 heavy (non-hydrogen) atoms. The Kier molecular flexibility index (Phi) is 4.37. The molecule has 0 saturated carbocycles. The number of hydrogen-bond donors (Lipinski definition) is 2. The number of amides is 1. The number of carboxylic acids is 1. The van der Waals surface area contributed by atoms with E-state index in [2.05, 4.69) is 0 Å². The van der Waals surface area contributed by atoms with Crippen LogP contribution in [-0.2, 0) is 4.79 Å². The van der Waals surface area contributed by atoms with Crippen LogP contribution in [0.1, 0.15) is 23.7 Å². The number of carbonyl (C=O) groups is 2. The van der Waals surface area contributed by atoms with E-state index in [1.165, 1.54) is 17.8 Å². The highest BCUT2D eigenvalue weighted by Crippen LogP contribution is 2.28. The van der Waals surface area contributed by atoms with Crippen molar-refractivity contribution in [2.45, 2.75) is 23.5 Å². The minimum Gasteiger partial charge on any atom is -0.478 e. The van der Waals surface area contributed by atoms with E-state index in [-0.39, 0.29) is 10.8 Å². The number of primary amides is 1. The molecule has 1 atom stereocenters. The highest BCUT2D eigenvalue weighted by atomic mass is 32.2. The van der Waals surface area contributed by atoms with Crippen LogP contribution in [0.15, 0.2) is 29.2 Å². The second-order valence-corrected chi connectivity index (χ2v) is 4.46. The van der Waals surface area contributed by atoms with E-state index in [0.29, 0.717) is 11.3 Å². The summed E-state index contributed by atoms with van der Waals surface area (Å²) in [5, 5.41) is 8.57. The summed E-state index contributed by atoms with van der Waals surface area (Å²) in [7, 11) is 0. The lowest BCUT2D eigenvalue weighted by Crippen LogP contribution is -2.25. The highest BCUT2D eigenvalue weighted by Gasteiger charge is 2.18. The number of carbonyl (C=O) groups excluding carboxylic acids is 1. The third-order valence-electron chi connectivity index (χ3n) is 2.07. The minimum atomic E-state index is -0.998. The Morgan fingerprint density at radius 3 is 2.56 bits per heavy atom. The van der Waals surface area contributed by atoms with Gasteiger partial charge >= 0.3 is 5.97 Å². The number of thioether (sulfide) groups is 1. The van der Waals surface area contributed by atoms with E-state index in [1.54, 1.807) is 18.2 Å². The Balaban J connectivity index is 2.95. The van der Waals surface area contributed by atoms with Gasteiger partial charge in [0, 0.05) is 4.90 Å². The van der Waals surface area contributed by atoms with Crippen molar-refractivity contribution in [3.05, 3.63) is 29.8 Å². The van der Waals surface area contributed by atoms with Crippen LogP contribution in [0.3, 0.4) is 0 Å². The van der Waals surface area contributed by atoms with Crippen LogP contribution < -0.4 is 5.73 Å². The topological polar surface area (TPSA) is 80.4 Å². The number of aromatic carboxylic acids is 1. The lowest BCUT2D eigenvalue weighted by molar-refractivity contribution is -0.117. The van der Waals surface area contributed by atoms with Crippen LogP contribution in [0.4, 0.5) is 0 Å². The van der Waals surface area contributed by atoms with Crippen molar-refractivity contribution >= 4 is 23.6 Å². The summed E-state index contributed by atoms with van der Waals surface area (Å²) in [4.78, 5) is 22.6. The van der Waals surface area contributed by atoms with Crippen molar-refractivity contribution in [2.24, 2.45) is 5.73 Å². The molecule has 0 aliphatic rings. The molecule has 0 heterocycles. The fourth-order valence-electron chi connectivity index (χ4n) is 1.24. The molecule has 3 N–H and O–H groups in total. The van der Waals surface area contributed by atoms with E-state index in [4.69, 9.17) is 10.8 Å². The van der Waals surface area contributed by atoms with Crippen molar-refractivity contribution in [3.63, 3.8) is 0 Å². The molecule has 5 heteroatoms. The lowest BCUT2D eigenvalue weighted by atomic mass is 10.2. The van der Waals surface area contributed by atoms with E-state index < -0.39 is 11.9 Å². The first kappa shape index (κ1) is 12.6. The van der Waals surface area contributed by atoms with Crippen molar-refractivity contribution in [1.29, 1.82) is 0 Å². The molecular formula is C11H13NO3S. The molecule has 1 rings (SSSR count). The van der Waals surface area contributed by atoms with Crippen LogP contribution in [0.5, 0.6) is 0 Å². The summed E-state index contributed by atoms with van der Waals surface area (Å²) in [6.07, 6.45) is 0.577. The smallest absolute Gasteiger partial charge is 0.336 e. The van der Waals surface area contributed by atoms with E-state index in [1.807, 2.05) is 6.92 Å². The van der Waals surface area contributed by atoms with Gasteiger partial charge in [-0.15, -0.1) is 11.8 Å². The van der Waals surface area contributed by atoms with Gasteiger partial charge in [0.15, 0.2) is 0 Å². The maximum atomic E-state index is 11.1. The van der Waals surface area contributed by atoms with Crippen LogP contribution >= 0.6 is 11.8 Å². The lowest BCUT2D eigenvalue weighted by Gasteiger charge is -2.11. The third kappa shape index (κ3) is 3.00. The molecular weight excluding hydrogens is 226 g/mol. The second kappa shape index (κ2) is 5.55. The Labute approximate surface area is 97.8 Å². The first-order valence-electron chi connectivity index (χ1n) is 4.84. The van der Waals surface area contributed by atoms with Crippen LogP contribution in [0.2, 0.25) is 0 Å². The molecule has 0 bridgehead atoms. The summed E-state index contributed by atoms with van der Waals surface area (Å²) < 4.78 is 0. The molecule has 1 aromatic rings. The standard InChI is InChI=1S/C11H13NO3S/c1-2-8(10(12)13)16-9-6-4-3-5-7(9)11(14)15/h3-6,8H,2H2,1H3,(H2,12,13)(H,14,15). The zero-order chi connectivity index (χ0) is 12.1. The van der Waals surface area contributed by atoms with Gasteiger partial charge in [-0.25, -0.2) is 4.79 Å². The molecule has 0 saturated heterocycles. The van der Waals surface area contributed by atoms with Gasteiger partial charge < -0.3 is 10.8 Å². The quantitative estimate of drug-likeness (QED) is 0.767. The zero-order valence-corrected chi connectivity index (χ0v) is 9.66. The maximum Gasteiger partial charge on any atom is 0.336 e.